The fourth-order valence-electron chi connectivity index (χ4n) is 3.18. The van der Waals surface area contributed by atoms with Crippen LogP contribution in [0.4, 0.5) is 5.82 Å². The molecule has 1 aromatic carbocycles. The number of allylic oxidation sites excluding steroid dienone is 1. The van der Waals surface area contributed by atoms with Crippen molar-refractivity contribution in [1.29, 1.82) is 0 Å². The van der Waals surface area contributed by atoms with Crippen LogP contribution in [0.15, 0.2) is 40.4 Å². The molecule has 0 amide bonds. The molecule has 0 bridgehead atoms. The third-order valence-corrected chi connectivity index (χ3v) is 4.40. The van der Waals surface area contributed by atoms with Gasteiger partial charge in [-0.2, -0.15) is 5.10 Å². The zero-order valence-corrected chi connectivity index (χ0v) is 13.9. The summed E-state index contributed by atoms with van der Waals surface area (Å²) >= 11 is 0. The molecule has 3 heterocycles. The molecule has 0 aliphatic carbocycles. The Bertz CT molecular complexity index is 992. The highest BCUT2D eigenvalue weighted by Gasteiger charge is 2.33. The van der Waals surface area contributed by atoms with Crippen LogP contribution in [-0.4, -0.2) is 46.1 Å². The number of fused-ring (bicyclic) bond motifs is 2. The van der Waals surface area contributed by atoms with E-state index in [0.29, 0.717) is 16.7 Å². The van der Waals surface area contributed by atoms with Gasteiger partial charge in [-0.05, 0) is 42.5 Å². The average Bonchev–Trinajstić information content (AvgIpc) is 3.26. The molecule has 1 atom stereocenters. The van der Waals surface area contributed by atoms with Crippen molar-refractivity contribution in [3.8, 4) is 0 Å². The van der Waals surface area contributed by atoms with Gasteiger partial charge in [-0.25, -0.2) is 9.47 Å². The lowest BCUT2D eigenvalue weighted by atomic mass is 9.85. The highest BCUT2D eigenvalue weighted by atomic mass is 16.6. The van der Waals surface area contributed by atoms with E-state index in [-0.39, 0.29) is 5.92 Å². The van der Waals surface area contributed by atoms with E-state index in [9.17, 15) is 0 Å². The van der Waals surface area contributed by atoms with E-state index in [2.05, 4.69) is 35.6 Å². The molecule has 8 heteroatoms. The average molecular weight is 335 g/mol. The number of H-pyrrole nitrogens is 1. The Balaban J connectivity index is 1.89. The zero-order valence-electron chi connectivity index (χ0n) is 13.9. The molecule has 0 saturated carbocycles. The molecule has 1 aliphatic rings. The van der Waals surface area contributed by atoms with E-state index in [0.717, 1.165) is 35.6 Å². The van der Waals surface area contributed by atoms with Crippen molar-refractivity contribution in [2.24, 2.45) is 0 Å². The molecule has 126 valence electrons. The summed E-state index contributed by atoms with van der Waals surface area (Å²) in [5, 5.41) is 18.5. The number of hydrogen-bond donors (Lipinski definition) is 2. The van der Waals surface area contributed by atoms with Crippen molar-refractivity contribution in [2.45, 2.75) is 12.3 Å². The standard InChI is InChI=1S/C17H17N7O/c1-18-16-12(7-8-24(2)3)20-17-11(9-19-21-17)14(16)10-5-4-6-13-15(10)23-25-22-13/h4-6,9,14H,7-8H2,2-3H3,(H2,19,20,21). The molecule has 2 aromatic heterocycles. The van der Waals surface area contributed by atoms with E-state index in [1.54, 1.807) is 6.20 Å². The minimum absolute atomic E-state index is 0.250. The van der Waals surface area contributed by atoms with Gasteiger partial charge in [0.2, 0.25) is 0 Å². The Labute approximate surface area is 144 Å². The van der Waals surface area contributed by atoms with Crippen LogP contribution in [0, 0.1) is 6.57 Å². The van der Waals surface area contributed by atoms with E-state index in [1.807, 2.05) is 32.3 Å². The second kappa shape index (κ2) is 6.03. The summed E-state index contributed by atoms with van der Waals surface area (Å²) in [6, 6.07) is 5.72. The second-order valence-corrected chi connectivity index (χ2v) is 6.27. The molecule has 0 spiro atoms. The molecular formula is C17H17N7O. The molecule has 1 aliphatic heterocycles. The van der Waals surface area contributed by atoms with E-state index in [1.165, 1.54) is 0 Å². The summed E-state index contributed by atoms with van der Waals surface area (Å²) in [6.07, 6.45) is 2.50. The van der Waals surface area contributed by atoms with Crippen molar-refractivity contribution in [3.63, 3.8) is 0 Å². The summed E-state index contributed by atoms with van der Waals surface area (Å²) in [7, 11) is 4.03. The number of aromatic nitrogens is 4. The number of nitrogens with zero attached hydrogens (tertiary/aromatic N) is 5. The lowest BCUT2D eigenvalue weighted by molar-refractivity contribution is 0.315. The number of benzene rings is 1. The first-order valence-corrected chi connectivity index (χ1v) is 7.95. The molecule has 0 radical (unpaired) electrons. The lowest BCUT2D eigenvalue weighted by Gasteiger charge is -2.26. The molecule has 1 unspecified atom stereocenters. The van der Waals surface area contributed by atoms with Crippen LogP contribution < -0.4 is 5.32 Å². The van der Waals surface area contributed by atoms with Crippen LogP contribution in [0.5, 0.6) is 0 Å². The van der Waals surface area contributed by atoms with Gasteiger partial charge in [-0.15, -0.1) is 0 Å². The predicted octanol–water partition coefficient (Wildman–Crippen LogP) is 2.59. The SMILES string of the molecule is [C-]#[N+]C1=C(CCN(C)C)Nc2[nH]ncc2C1c1cccc2nonc12. The lowest BCUT2D eigenvalue weighted by Crippen LogP contribution is -2.21. The maximum Gasteiger partial charge on any atom is 0.196 e. The van der Waals surface area contributed by atoms with Gasteiger partial charge in [0.05, 0.1) is 18.7 Å². The summed E-state index contributed by atoms with van der Waals surface area (Å²) in [5.74, 6) is 0.569. The Morgan fingerprint density at radius 2 is 2.16 bits per heavy atom. The quantitative estimate of drug-likeness (QED) is 0.713. The van der Waals surface area contributed by atoms with Crippen molar-refractivity contribution in [3.05, 3.63) is 58.3 Å². The van der Waals surface area contributed by atoms with Gasteiger partial charge in [0, 0.05) is 17.8 Å². The minimum atomic E-state index is -0.250. The van der Waals surface area contributed by atoms with Crippen LogP contribution in [0.2, 0.25) is 0 Å². The van der Waals surface area contributed by atoms with Crippen LogP contribution in [0.25, 0.3) is 15.9 Å². The summed E-state index contributed by atoms with van der Waals surface area (Å²) in [5.41, 5.74) is 4.74. The van der Waals surface area contributed by atoms with E-state index < -0.39 is 0 Å². The first-order chi connectivity index (χ1) is 12.2. The molecule has 25 heavy (non-hydrogen) atoms. The summed E-state index contributed by atoms with van der Waals surface area (Å²) < 4.78 is 4.90. The van der Waals surface area contributed by atoms with Gasteiger partial charge in [-0.1, -0.05) is 12.1 Å². The number of anilines is 1. The minimum Gasteiger partial charge on any atom is -0.354 e. The van der Waals surface area contributed by atoms with Crippen LogP contribution in [0.1, 0.15) is 23.5 Å². The highest BCUT2D eigenvalue weighted by molar-refractivity contribution is 5.80. The molecule has 4 rings (SSSR count). The normalized spacial score (nSPS) is 16.8. The summed E-state index contributed by atoms with van der Waals surface area (Å²) in [4.78, 5) is 5.96. The third-order valence-electron chi connectivity index (χ3n) is 4.40. The topological polar surface area (TPSA) is 87.2 Å². The zero-order chi connectivity index (χ0) is 17.4. The van der Waals surface area contributed by atoms with Gasteiger partial charge in [0.15, 0.2) is 5.70 Å². The molecule has 3 aromatic rings. The van der Waals surface area contributed by atoms with Gasteiger partial charge in [0.1, 0.15) is 16.9 Å². The largest absolute Gasteiger partial charge is 0.354 e. The van der Waals surface area contributed by atoms with Gasteiger partial charge in [-0.3, -0.25) is 5.10 Å². The van der Waals surface area contributed by atoms with Crippen molar-refractivity contribution >= 4 is 16.9 Å². The Morgan fingerprint density at radius 1 is 1.28 bits per heavy atom. The maximum absolute atomic E-state index is 7.78. The fourth-order valence-corrected chi connectivity index (χ4v) is 3.18. The molecular weight excluding hydrogens is 318 g/mol. The molecule has 0 fully saturated rings. The van der Waals surface area contributed by atoms with Gasteiger partial charge in [0.25, 0.3) is 0 Å². The van der Waals surface area contributed by atoms with Crippen molar-refractivity contribution in [1.82, 2.24) is 25.4 Å². The van der Waals surface area contributed by atoms with Crippen LogP contribution >= 0.6 is 0 Å². The van der Waals surface area contributed by atoms with E-state index in [4.69, 9.17) is 11.2 Å². The molecule has 8 nitrogen and oxygen atoms in total. The maximum atomic E-state index is 7.78. The van der Waals surface area contributed by atoms with Crippen molar-refractivity contribution < 1.29 is 4.63 Å². The Hall–Kier alpha value is -3.18. The van der Waals surface area contributed by atoms with Crippen molar-refractivity contribution in [2.75, 3.05) is 26.0 Å². The summed E-state index contributed by atoms with van der Waals surface area (Å²) in [6.45, 7) is 8.62. The van der Waals surface area contributed by atoms with Crippen LogP contribution in [0.3, 0.4) is 0 Å². The fraction of sp³-hybridized carbons (Fsp3) is 0.294. The Morgan fingerprint density at radius 3 is 2.96 bits per heavy atom. The van der Waals surface area contributed by atoms with E-state index >= 15 is 0 Å². The first kappa shape index (κ1) is 15.4. The Kier molecular flexibility index (Phi) is 3.71. The predicted molar refractivity (Wildman–Crippen MR) is 92.7 cm³/mol. The second-order valence-electron chi connectivity index (χ2n) is 6.27. The molecule has 0 saturated heterocycles. The third kappa shape index (κ3) is 2.55. The van der Waals surface area contributed by atoms with Crippen LogP contribution in [-0.2, 0) is 0 Å². The molecule has 2 N–H and O–H groups in total. The number of rotatable bonds is 4. The van der Waals surface area contributed by atoms with Gasteiger partial charge < -0.3 is 10.2 Å². The van der Waals surface area contributed by atoms with Gasteiger partial charge >= 0.3 is 0 Å². The highest BCUT2D eigenvalue weighted by Crippen LogP contribution is 2.43. The monoisotopic (exact) mass is 335 g/mol. The number of aromatic amines is 1. The smallest absolute Gasteiger partial charge is 0.196 e. The number of hydrogen-bond acceptors (Lipinski definition) is 6. The number of nitrogens with one attached hydrogen (secondary N) is 2. The first-order valence-electron chi connectivity index (χ1n) is 7.95.